The van der Waals surface area contributed by atoms with Crippen molar-refractivity contribution in [2.45, 2.75) is 39.5 Å². The van der Waals surface area contributed by atoms with Gasteiger partial charge in [0, 0.05) is 0 Å². The van der Waals surface area contributed by atoms with Gasteiger partial charge in [0.15, 0.2) is 0 Å². The van der Waals surface area contributed by atoms with Crippen LogP contribution in [0.4, 0.5) is 0 Å². The third kappa shape index (κ3) is 5.48. The van der Waals surface area contributed by atoms with Crippen molar-refractivity contribution in [2.75, 3.05) is 0 Å². The van der Waals surface area contributed by atoms with E-state index in [0.717, 1.165) is 11.8 Å². The third-order valence-corrected chi connectivity index (χ3v) is 2.32. The van der Waals surface area contributed by atoms with E-state index in [1.165, 1.54) is 25.7 Å². The first kappa shape index (κ1) is 14.8. The monoisotopic (exact) mass is 228 g/mol. The van der Waals surface area contributed by atoms with Gasteiger partial charge in [0.1, 0.15) is 0 Å². The van der Waals surface area contributed by atoms with E-state index in [9.17, 15) is 0 Å². The van der Waals surface area contributed by atoms with Crippen LogP contribution in [0.2, 0.25) is 0 Å². The first-order valence-corrected chi connectivity index (χ1v) is 4.14. The molecule has 0 spiro atoms. The number of halogens is 1. The van der Waals surface area contributed by atoms with E-state index in [1.807, 2.05) is 0 Å². The fourth-order valence-electron chi connectivity index (χ4n) is 1.58. The summed E-state index contributed by atoms with van der Waals surface area (Å²) in [4.78, 5) is 0. The molecule has 0 nitrogen and oxygen atoms in total. The first-order valence-electron chi connectivity index (χ1n) is 4.14. The standard InChI is InChI=1S/C9H17.BrH.Mg/c1-8(2)9-6-4-3-5-7-9;;/h6,8-9H,3-5,7H2,1-2H3;1H;/q-1;;+2/p-1. The predicted molar refractivity (Wildman–Crippen MR) is 46.9 cm³/mol. The predicted octanol–water partition coefficient (Wildman–Crippen LogP) is -0.340. The van der Waals surface area contributed by atoms with Crippen LogP contribution in [-0.2, 0) is 0 Å². The molecular weight excluding hydrogens is 212 g/mol. The summed E-state index contributed by atoms with van der Waals surface area (Å²) >= 11 is 0. The molecule has 1 saturated carbocycles. The van der Waals surface area contributed by atoms with Crippen LogP contribution in [0, 0.1) is 18.3 Å². The zero-order valence-electron chi connectivity index (χ0n) is 7.65. The summed E-state index contributed by atoms with van der Waals surface area (Å²) in [5.74, 6) is 1.81. The van der Waals surface area contributed by atoms with Gasteiger partial charge in [-0.1, -0.05) is 39.0 Å². The number of hydrogen-bond donors (Lipinski definition) is 0. The van der Waals surface area contributed by atoms with Crippen molar-refractivity contribution in [3.05, 3.63) is 6.42 Å². The van der Waals surface area contributed by atoms with E-state index in [2.05, 4.69) is 20.3 Å². The van der Waals surface area contributed by atoms with Gasteiger partial charge in [-0.25, -0.2) is 0 Å². The molecule has 0 aromatic carbocycles. The average Bonchev–Trinajstić information content (AvgIpc) is 1.90. The van der Waals surface area contributed by atoms with Gasteiger partial charge in [-0.3, -0.25) is 0 Å². The van der Waals surface area contributed by atoms with Gasteiger partial charge in [0.05, 0.1) is 0 Å². The minimum Gasteiger partial charge on any atom is -1.00 e. The van der Waals surface area contributed by atoms with Crippen LogP contribution in [0.25, 0.3) is 0 Å². The molecule has 0 amide bonds. The van der Waals surface area contributed by atoms with Gasteiger partial charge in [-0.05, 0) is 0 Å². The van der Waals surface area contributed by atoms with E-state index in [-0.39, 0.29) is 40.0 Å². The molecule has 1 fully saturated rings. The summed E-state index contributed by atoms with van der Waals surface area (Å²) in [7, 11) is 0. The maximum absolute atomic E-state index is 2.51. The molecule has 62 valence electrons. The second kappa shape index (κ2) is 7.87. The maximum atomic E-state index is 2.51. The van der Waals surface area contributed by atoms with Crippen molar-refractivity contribution in [3.63, 3.8) is 0 Å². The fraction of sp³-hybridized carbons (Fsp3) is 0.889. The maximum Gasteiger partial charge on any atom is 2.00 e. The summed E-state index contributed by atoms with van der Waals surface area (Å²) in [5, 5.41) is 0. The Labute approximate surface area is 97.4 Å². The normalized spacial score (nSPS) is 23.7. The van der Waals surface area contributed by atoms with Crippen molar-refractivity contribution in [1.29, 1.82) is 0 Å². The Bertz CT molecular complexity index is 77.6. The molecular formula is C9H17BrMg. The van der Waals surface area contributed by atoms with E-state index in [0.29, 0.717) is 0 Å². The molecule has 0 aromatic rings. The minimum absolute atomic E-state index is 0. The molecule has 0 saturated heterocycles. The smallest absolute Gasteiger partial charge is 1.00 e. The molecule has 1 rings (SSSR count). The minimum atomic E-state index is 0. The van der Waals surface area contributed by atoms with Gasteiger partial charge in [-0.2, -0.15) is 12.3 Å². The Hall–Kier alpha value is 1.25. The van der Waals surface area contributed by atoms with Gasteiger partial charge in [-0.15, -0.1) is 0 Å². The first-order chi connectivity index (χ1) is 4.30. The van der Waals surface area contributed by atoms with Crippen LogP contribution in [0.3, 0.4) is 0 Å². The fourth-order valence-corrected chi connectivity index (χ4v) is 1.58. The zero-order valence-corrected chi connectivity index (χ0v) is 10.6. The van der Waals surface area contributed by atoms with E-state index < -0.39 is 0 Å². The van der Waals surface area contributed by atoms with Crippen molar-refractivity contribution < 1.29 is 17.0 Å². The van der Waals surface area contributed by atoms with Crippen molar-refractivity contribution >= 4 is 23.1 Å². The van der Waals surface area contributed by atoms with Crippen LogP contribution in [0.1, 0.15) is 39.5 Å². The molecule has 1 atom stereocenters. The Balaban J connectivity index is 0. The summed E-state index contributed by atoms with van der Waals surface area (Å²) < 4.78 is 0. The van der Waals surface area contributed by atoms with Crippen LogP contribution in [-0.4, -0.2) is 23.1 Å². The van der Waals surface area contributed by atoms with Gasteiger partial charge >= 0.3 is 23.1 Å². The van der Waals surface area contributed by atoms with Crippen LogP contribution in [0.15, 0.2) is 0 Å². The van der Waals surface area contributed by atoms with E-state index in [4.69, 9.17) is 0 Å². The average molecular weight is 229 g/mol. The molecule has 11 heavy (non-hydrogen) atoms. The molecule has 0 aromatic heterocycles. The van der Waals surface area contributed by atoms with Crippen molar-refractivity contribution in [1.82, 2.24) is 0 Å². The second-order valence-corrected chi connectivity index (χ2v) is 3.43. The summed E-state index contributed by atoms with van der Waals surface area (Å²) in [6, 6.07) is 0. The molecule has 0 radical (unpaired) electrons. The Kier molecular flexibility index (Phi) is 10.6. The van der Waals surface area contributed by atoms with Crippen LogP contribution < -0.4 is 17.0 Å². The second-order valence-electron chi connectivity index (χ2n) is 3.43. The largest absolute Gasteiger partial charge is 2.00 e. The topological polar surface area (TPSA) is 0 Å². The van der Waals surface area contributed by atoms with Crippen LogP contribution >= 0.6 is 0 Å². The molecule has 0 heterocycles. The third-order valence-electron chi connectivity index (χ3n) is 2.32. The SMILES string of the molecule is CC(C)C1[CH-]CCCC1.[Br-].[Mg+2]. The van der Waals surface area contributed by atoms with Gasteiger partial charge in [0.25, 0.3) is 0 Å². The molecule has 0 bridgehead atoms. The summed E-state index contributed by atoms with van der Waals surface area (Å²) in [6.45, 7) is 4.65. The molecule has 1 unspecified atom stereocenters. The number of rotatable bonds is 1. The van der Waals surface area contributed by atoms with Gasteiger partial charge in [0.2, 0.25) is 0 Å². The van der Waals surface area contributed by atoms with E-state index in [1.54, 1.807) is 0 Å². The van der Waals surface area contributed by atoms with E-state index >= 15 is 0 Å². The van der Waals surface area contributed by atoms with Crippen LogP contribution in [0.5, 0.6) is 0 Å². The quantitative estimate of drug-likeness (QED) is 0.426. The number of hydrogen-bond acceptors (Lipinski definition) is 0. The summed E-state index contributed by atoms with van der Waals surface area (Å²) in [6.07, 6.45) is 8.21. The molecule has 0 aliphatic heterocycles. The summed E-state index contributed by atoms with van der Waals surface area (Å²) in [5.41, 5.74) is 0. The molecule has 0 N–H and O–H groups in total. The van der Waals surface area contributed by atoms with Gasteiger partial charge < -0.3 is 23.4 Å². The Morgan fingerprint density at radius 1 is 1.27 bits per heavy atom. The molecule has 1 aliphatic rings. The Morgan fingerprint density at radius 3 is 2.18 bits per heavy atom. The van der Waals surface area contributed by atoms with Crippen molar-refractivity contribution in [3.8, 4) is 0 Å². The van der Waals surface area contributed by atoms with Crippen molar-refractivity contribution in [2.24, 2.45) is 11.8 Å². The molecule has 2 heteroatoms. The Morgan fingerprint density at radius 2 is 1.91 bits per heavy atom. The molecule has 1 aliphatic carbocycles. The zero-order chi connectivity index (χ0) is 6.69.